The van der Waals surface area contributed by atoms with Crippen molar-refractivity contribution in [3.63, 3.8) is 0 Å². The third-order valence-corrected chi connectivity index (χ3v) is 3.78. The molecule has 25 heavy (non-hydrogen) atoms. The molecule has 0 spiro atoms. The summed E-state index contributed by atoms with van der Waals surface area (Å²) in [6, 6.07) is 8.62. The number of rotatable bonds is 5. The highest BCUT2D eigenvalue weighted by Crippen LogP contribution is 2.24. The maximum absolute atomic E-state index is 13.4. The van der Waals surface area contributed by atoms with E-state index in [1.807, 2.05) is 0 Å². The van der Waals surface area contributed by atoms with E-state index in [4.69, 9.17) is 22.9 Å². The van der Waals surface area contributed by atoms with E-state index in [-0.39, 0.29) is 17.4 Å². The Hall–Kier alpha value is -2.62. The molecule has 0 aliphatic rings. The molecule has 0 heterocycles. The van der Waals surface area contributed by atoms with Crippen LogP contribution in [-0.2, 0) is 4.79 Å². The topological polar surface area (TPSA) is 62.9 Å². The van der Waals surface area contributed by atoms with E-state index in [9.17, 15) is 14.3 Å². The Labute approximate surface area is 149 Å². The maximum atomic E-state index is 13.4. The van der Waals surface area contributed by atoms with Crippen LogP contribution < -0.4 is 10.1 Å². The van der Waals surface area contributed by atoms with Gasteiger partial charge in [0, 0.05) is 11.8 Å². The van der Waals surface area contributed by atoms with Crippen molar-refractivity contribution in [2.75, 3.05) is 11.9 Å². The zero-order valence-corrected chi connectivity index (χ0v) is 14.4. The quantitative estimate of drug-likeness (QED) is 0.787. The fraction of sp³-hybridized carbons (Fsp3) is 0.222. The molecule has 2 rings (SSSR count). The second kappa shape index (κ2) is 7.51. The smallest absolute Gasteiger partial charge is 0.259 e. The molecule has 7 heteroatoms. The van der Waals surface area contributed by atoms with Crippen LogP contribution in [0.5, 0.6) is 5.75 Å². The predicted molar refractivity (Wildman–Crippen MR) is 93.6 cm³/mol. The number of amides is 1. The van der Waals surface area contributed by atoms with E-state index < -0.39 is 17.3 Å². The van der Waals surface area contributed by atoms with Gasteiger partial charge in [0.25, 0.3) is 5.91 Å². The van der Waals surface area contributed by atoms with E-state index in [1.54, 1.807) is 25.1 Å². The summed E-state index contributed by atoms with van der Waals surface area (Å²) in [5.74, 6) is -1.19. The van der Waals surface area contributed by atoms with Gasteiger partial charge in [0.05, 0.1) is 11.6 Å². The number of nitrogens with one attached hydrogen (secondary N) is 1. The second-order valence-corrected chi connectivity index (χ2v) is 6.11. The van der Waals surface area contributed by atoms with Crippen molar-refractivity contribution in [3.05, 3.63) is 64.2 Å². The Morgan fingerprint density at radius 1 is 1.40 bits per heavy atom. The summed E-state index contributed by atoms with van der Waals surface area (Å²) in [5.41, 5.74) is -0.200. The number of aryl methyl sites for hydroxylation is 1. The molecule has 0 aliphatic carbocycles. The van der Waals surface area contributed by atoms with Crippen molar-refractivity contribution in [1.29, 1.82) is 0 Å². The number of nitrogens with zero attached hydrogens (tertiary/aromatic N) is 1. The normalized spacial score (nSPS) is 12.8. The highest BCUT2D eigenvalue weighted by atomic mass is 35.5. The lowest BCUT2D eigenvalue weighted by Crippen LogP contribution is -2.45. The molecule has 2 aromatic rings. The van der Waals surface area contributed by atoms with Gasteiger partial charge in [-0.1, -0.05) is 17.7 Å². The summed E-state index contributed by atoms with van der Waals surface area (Å²) < 4.78 is 18.6. The summed E-state index contributed by atoms with van der Waals surface area (Å²) in [7, 11) is 0. The minimum Gasteiger partial charge on any atom is -0.490 e. The van der Waals surface area contributed by atoms with Crippen molar-refractivity contribution in [3.8, 4) is 5.75 Å². The van der Waals surface area contributed by atoms with Crippen LogP contribution in [0.4, 0.5) is 15.8 Å². The molecule has 0 aliphatic heterocycles. The lowest BCUT2D eigenvalue weighted by Gasteiger charge is -2.23. The highest BCUT2D eigenvalue weighted by molar-refractivity contribution is 6.30. The Kier molecular flexibility index (Phi) is 5.62. The first-order valence-electron chi connectivity index (χ1n) is 7.33. The number of benzene rings is 2. The van der Waals surface area contributed by atoms with Gasteiger partial charge in [-0.25, -0.2) is 9.24 Å². The van der Waals surface area contributed by atoms with Gasteiger partial charge in [0.15, 0.2) is 11.3 Å². The number of halogens is 2. The van der Waals surface area contributed by atoms with Gasteiger partial charge in [-0.15, -0.1) is 0 Å². The first-order valence-corrected chi connectivity index (χ1v) is 7.70. The molecule has 0 saturated carbocycles. The summed E-state index contributed by atoms with van der Waals surface area (Å²) >= 11 is 5.58. The number of ether oxygens (including phenoxy) is 1. The molecule has 5 nitrogen and oxygen atoms in total. The fourth-order valence-electron chi connectivity index (χ4n) is 1.98. The zero-order valence-electron chi connectivity index (χ0n) is 13.6. The second-order valence-electron chi connectivity index (χ2n) is 5.71. The minimum atomic E-state index is -1.84. The molecule has 0 aromatic heterocycles. The molecule has 0 radical (unpaired) electrons. The first kappa shape index (κ1) is 18.7. The molecular formula is C18H16ClFN2O3. The summed E-state index contributed by atoms with van der Waals surface area (Å²) in [4.78, 5) is 15.6. The Balaban J connectivity index is 2.03. The van der Waals surface area contributed by atoms with Gasteiger partial charge < -0.3 is 15.2 Å². The third-order valence-electron chi connectivity index (χ3n) is 3.48. The van der Waals surface area contributed by atoms with E-state index in [2.05, 4.69) is 10.2 Å². The predicted octanol–water partition coefficient (Wildman–Crippen LogP) is 4.11. The van der Waals surface area contributed by atoms with Gasteiger partial charge in [0.1, 0.15) is 18.2 Å². The maximum Gasteiger partial charge on any atom is 0.259 e. The summed E-state index contributed by atoms with van der Waals surface area (Å²) in [6.07, 6.45) is 0. The molecule has 0 fully saturated rings. The Bertz CT molecular complexity index is 847. The van der Waals surface area contributed by atoms with Gasteiger partial charge in [-0.2, -0.15) is 0 Å². The monoisotopic (exact) mass is 362 g/mol. The average molecular weight is 363 g/mol. The largest absolute Gasteiger partial charge is 0.490 e. The van der Waals surface area contributed by atoms with Crippen molar-refractivity contribution in [2.45, 2.75) is 19.4 Å². The van der Waals surface area contributed by atoms with Crippen LogP contribution in [0, 0.1) is 19.3 Å². The standard InChI is InChI=1S/C18H16ClFN2O3/c1-11-8-12(4-7-16(11)21-3)22-17(23)18(2,24)10-25-13-5-6-14(19)15(20)9-13/h4-9,24H,10H2,1-2H3,(H,22,23). The number of aliphatic hydroxyl groups is 1. The summed E-state index contributed by atoms with van der Waals surface area (Å²) in [5, 5.41) is 12.8. The number of anilines is 1. The van der Waals surface area contributed by atoms with E-state index in [0.717, 1.165) is 6.07 Å². The van der Waals surface area contributed by atoms with E-state index in [1.165, 1.54) is 19.1 Å². The van der Waals surface area contributed by atoms with Gasteiger partial charge in [-0.3, -0.25) is 4.79 Å². The van der Waals surface area contributed by atoms with Crippen LogP contribution in [0.15, 0.2) is 36.4 Å². The number of hydrogen-bond donors (Lipinski definition) is 2. The third kappa shape index (κ3) is 4.69. The van der Waals surface area contributed by atoms with Crippen LogP contribution >= 0.6 is 11.6 Å². The molecule has 130 valence electrons. The zero-order chi connectivity index (χ0) is 18.6. The van der Waals surface area contributed by atoms with Crippen molar-refractivity contribution < 1.29 is 19.0 Å². The lowest BCUT2D eigenvalue weighted by atomic mass is 10.1. The average Bonchev–Trinajstić information content (AvgIpc) is 2.56. The minimum absolute atomic E-state index is 0.0462. The summed E-state index contributed by atoms with van der Waals surface area (Å²) in [6.45, 7) is 9.67. The van der Waals surface area contributed by atoms with Crippen LogP contribution in [0.25, 0.3) is 4.85 Å². The lowest BCUT2D eigenvalue weighted by molar-refractivity contribution is -0.135. The van der Waals surface area contributed by atoms with Gasteiger partial charge in [0.2, 0.25) is 0 Å². The van der Waals surface area contributed by atoms with Crippen LogP contribution in [-0.4, -0.2) is 23.2 Å². The number of carbonyl (C=O) groups excluding carboxylic acids is 1. The SMILES string of the molecule is [C-]#[N+]c1ccc(NC(=O)C(C)(O)COc2ccc(Cl)c(F)c2)cc1C. The molecule has 1 unspecified atom stereocenters. The van der Waals surface area contributed by atoms with Crippen LogP contribution in [0.1, 0.15) is 12.5 Å². The number of hydrogen-bond acceptors (Lipinski definition) is 3. The van der Waals surface area contributed by atoms with Crippen molar-refractivity contribution >= 4 is 28.9 Å². The van der Waals surface area contributed by atoms with E-state index >= 15 is 0 Å². The molecule has 2 N–H and O–H groups in total. The van der Waals surface area contributed by atoms with Gasteiger partial charge >= 0.3 is 0 Å². The first-order chi connectivity index (χ1) is 11.7. The van der Waals surface area contributed by atoms with Gasteiger partial charge in [-0.05, 0) is 43.7 Å². The molecule has 0 bridgehead atoms. The Morgan fingerprint density at radius 3 is 2.72 bits per heavy atom. The Morgan fingerprint density at radius 2 is 2.12 bits per heavy atom. The van der Waals surface area contributed by atoms with Crippen molar-refractivity contribution in [2.24, 2.45) is 0 Å². The molecular weight excluding hydrogens is 347 g/mol. The molecule has 2 aromatic carbocycles. The molecule has 1 atom stereocenters. The van der Waals surface area contributed by atoms with Crippen LogP contribution in [0.2, 0.25) is 5.02 Å². The van der Waals surface area contributed by atoms with Crippen molar-refractivity contribution in [1.82, 2.24) is 0 Å². The number of carbonyl (C=O) groups is 1. The highest BCUT2D eigenvalue weighted by Gasteiger charge is 2.31. The molecule has 1 amide bonds. The van der Waals surface area contributed by atoms with Crippen LogP contribution in [0.3, 0.4) is 0 Å². The van der Waals surface area contributed by atoms with E-state index in [0.29, 0.717) is 16.9 Å². The fourth-order valence-corrected chi connectivity index (χ4v) is 2.10. The molecule has 0 saturated heterocycles.